The normalized spacial score (nSPS) is 17.0. The van der Waals surface area contributed by atoms with Crippen molar-refractivity contribution in [2.75, 3.05) is 30.8 Å². The van der Waals surface area contributed by atoms with E-state index in [0.29, 0.717) is 13.1 Å². The van der Waals surface area contributed by atoms with Gasteiger partial charge in [-0.15, -0.1) is 0 Å². The van der Waals surface area contributed by atoms with Crippen LogP contribution in [0.2, 0.25) is 0 Å². The number of fused-ring (bicyclic) bond motifs is 3. The lowest BCUT2D eigenvalue weighted by Gasteiger charge is -2.27. The number of anilines is 2. The lowest BCUT2D eigenvalue weighted by Crippen LogP contribution is -2.26. The lowest BCUT2D eigenvalue weighted by atomic mass is 9.77. The summed E-state index contributed by atoms with van der Waals surface area (Å²) in [6, 6.07) is 0. The molecule has 6 heteroatoms. The Bertz CT molecular complexity index is 676. The molecule has 0 radical (unpaired) electrons. The van der Waals surface area contributed by atoms with Crippen LogP contribution in [0.4, 0.5) is 11.8 Å². The molecule has 0 aromatic carbocycles. The van der Waals surface area contributed by atoms with Gasteiger partial charge >= 0.3 is 0 Å². The predicted octanol–water partition coefficient (Wildman–Crippen LogP) is 1.81. The first-order valence-corrected chi connectivity index (χ1v) is 7.44. The molecule has 2 aromatic heterocycles. The number of aryl methyl sites for hydroxylation is 1. The van der Waals surface area contributed by atoms with Gasteiger partial charge in [-0.1, -0.05) is 13.8 Å². The molecule has 0 amide bonds. The van der Waals surface area contributed by atoms with Gasteiger partial charge in [0.05, 0.1) is 0 Å². The van der Waals surface area contributed by atoms with E-state index in [2.05, 4.69) is 23.8 Å². The predicted molar refractivity (Wildman–Crippen MR) is 84.5 cm³/mol. The summed E-state index contributed by atoms with van der Waals surface area (Å²) in [4.78, 5) is 10.8. The maximum absolute atomic E-state index is 6.20. The van der Waals surface area contributed by atoms with E-state index in [1.54, 1.807) is 0 Å². The fraction of sp³-hybridized carbons (Fsp3) is 0.600. The van der Waals surface area contributed by atoms with Gasteiger partial charge in [0, 0.05) is 31.1 Å². The average molecular weight is 289 g/mol. The number of nitrogens with two attached hydrogens (primary N) is 2. The molecule has 3 rings (SSSR count). The van der Waals surface area contributed by atoms with Crippen molar-refractivity contribution < 1.29 is 4.42 Å². The molecule has 0 aliphatic heterocycles. The molecule has 0 spiro atoms. The minimum Gasteiger partial charge on any atom is -0.455 e. The molecule has 4 N–H and O–H groups in total. The van der Waals surface area contributed by atoms with Gasteiger partial charge in [-0.2, -0.15) is 4.98 Å². The van der Waals surface area contributed by atoms with Crippen molar-refractivity contribution >= 4 is 22.9 Å². The molecule has 114 valence electrons. The van der Waals surface area contributed by atoms with Crippen LogP contribution in [0, 0.1) is 0 Å². The fourth-order valence-corrected chi connectivity index (χ4v) is 3.18. The van der Waals surface area contributed by atoms with E-state index in [1.807, 2.05) is 11.9 Å². The van der Waals surface area contributed by atoms with Gasteiger partial charge in [0.1, 0.15) is 11.3 Å². The van der Waals surface area contributed by atoms with Crippen molar-refractivity contribution in [1.82, 2.24) is 9.97 Å². The van der Waals surface area contributed by atoms with Gasteiger partial charge in [0.25, 0.3) is 0 Å². The van der Waals surface area contributed by atoms with Crippen LogP contribution in [0.3, 0.4) is 0 Å². The summed E-state index contributed by atoms with van der Waals surface area (Å²) in [6.45, 7) is 5.68. The first-order valence-electron chi connectivity index (χ1n) is 7.44. The molecule has 0 saturated carbocycles. The average Bonchev–Trinajstić information content (AvgIpc) is 2.78. The van der Waals surface area contributed by atoms with Crippen molar-refractivity contribution in [2.45, 2.75) is 38.5 Å². The number of hydrogen-bond donors (Lipinski definition) is 2. The zero-order valence-electron chi connectivity index (χ0n) is 12.9. The Kier molecular flexibility index (Phi) is 3.28. The topological polar surface area (TPSA) is 94.2 Å². The van der Waals surface area contributed by atoms with Gasteiger partial charge < -0.3 is 20.8 Å². The van der Waals surface area contributed by atoms with Crippen LogP contribution in [0.15, 0.2) is 4.42 Å². The fourth-order valence-electron chi connectivity index (χ4n) is 3.18. The number of rotatable bonds is 3. The van der Waals surface area contributed by atoms with E-state index < -0.39 is 0 Å². The Morgan fingerprint density at radius 1 is 1.33 bits per heavy atom. The summed E-state index contributed by atoms with van der Waals surface area (Å²) in [5, 5.41) is 0. The molecular formula is C15H23N5O. The Morgan fingerprint density at radius 3 is 2.81 bits per heavy atom. The smallest absolute Gasteiger partial charge is 0.222 e. The molecular weight excluding hydrogens is 266 g/mol. The van der Waals surface area contributed by atoms with E-state index in [9.17, 15) is 0 Å². The van der Waals surface area contributed by atoms with Crippen molar-refractivity contribution in [2.24, 2.45) is 5.73 Å². The molecule has 2 aromatic rings. The van der Waals surface area contributed by atoms with Crippen LogP contribution in [-0.4, -0.2) is 30.1 Å². The SMILES string of the molecule is CN(CCN)c1nc(N)nc2c3c(oc12)C(C)(C)CCC3. The third-order valence-corrected chi connectivity index (χ3v) is 4.30. The second-order valence-electron chi connectivity index (χ2n) is 6.44. The summed E-state index contributed by atoms with van der Waals surface area (Å²) < 4.78 is 6.20. The highest BCUT2D eigenvalue weighted by atomic mass is 16.3. The maximum Gasteiger partial charge on any atom is 0.222 e. The Hall–Kier alpha value is -1.82. The Labute approximate surface area is 124 Å². The lowest BCUT2D eigenvalue weighted by molar-refractivity contribution is 0.345. The van der Waals surface area contributed by atoms with Crippen molar-refractivity contribution in [1.29, 1.82) is 0 Å². The van der Waals surface area contributed by atoms with Crippen molar-refractivity contribution in [3.8, 4) is 0 Å². The third kappa shape index (κ3) is 2.23. The second-order valence-corrected chi connectivity index (χ2v) is 6.44. The summed E-state index contributed by atoms with van der Waals surface area (Å²) in [6.07, 6.45) is 3.26. The number of nitrogens with zero attached hydrogens (tertiary/aromatic N) is 3. The molecule has 0 fully saturated rings. The molecule has 1 aliphatic carbocycles. The van der Waals surface area contributed by atoms with E-state index in [1.165, 1.54) is 5.56 Å². The number of hydrogen-bond acceptors (Lipinski definition) is 6. The van der Waals surface area contributed by atoms with E-state index >= 15 is 0 Å². The van der Waals surface area contributed by atoms with Crippen LogP contribution >= 0.6 is 0 Å². The zero-order chi connectivity index (χ0) is 15.2. The third-order valence-electron chi connectivity index (χ3n) is 4.30. The van der Waals surface area contributed by atoms with Crippen LogP contribution < -0.4 is 16.4 Å². The maximum atomic E-state index is 6.20. The number of nitrogen functional groups attached to an aromatic ring is 1. The summed E-state index contributed by atoms with van der Waals surface area (Å²) in [5.74, 6) is 2.05. The highest BCUT2D eigenvalue weighted by molar-refractivity contribution is 5.89. The molecule has 2 heterocycles. The van der Waals surface area contributed by atoms with Crippen LogP contribution in [0.25, 0.3) is 11.1 Å². The van der Waals surface area contributed by atoms with E-state index in [-0.39, 0.29) is 11.4 Å². The molecule has 6 nitrogen and oxygen atoms in total. The molecule has 21 heavy (non-hydrogen) atoms. The van der Waals surface area contributed by atoms with Crippen LogP contribution in [0.5, 0.6) is 0 Å². The van der Waals surface area contributed by atoms with Gasteiger partial charge in [0.2, 0.25) is 5.95 Å². The minimum absolute atomic E-state index is 0.0345. The Morgan fingerprint density at radius 2 is 2.10 bits per heavy atom. The van der Waals surface area contributed by atoms with Crippen LogP contribution in [-0.2, 0) is 11.8 Å². The standard InChI is InChI=1S/C15H23N5O/c1-15(2)6-4-5-9-10-11(21-12(9)15)13(19-14(17)18-10)20(3)8-7-16/h4-8,16H2,1-3H3,(H2,17,18,19). The summed E-state index contributed by atoms with van der Waals surface area (Å²) >= 11 is 0. The minimum atomic E-state index is 0.0345. The summed E-state index contributed by atoms with van der Waals surface area (Å²) in [7, 11) is 1.95. The highest BCUT2D eigenvalue weighted by Gasteiger charge is 2.34. The van der Waals surface area contributed by atoms with Gasteiger partial charge in [0.15, 0.2) is 11.4 Å². The first kappa shape index (κ1) is 14.1. The number of likely N-dealkylation sites (N-methyl/N-ethyl adjacent to an activating group) is 1. The summed E-state index contributed by atoms with van der Waals surface area (Å²) in [5.41, 5.74) is 14.4. The molecule has 0 saturated heterocycles. The van der Waals surface area contributed by atoms with Crippen molar-refractivity contribution in [3.63, 3.8) is 0 Å². The van der Waals surface area contributed by atoms with E-state index in [4.69, 9.17) is 15.9 Å². The largest absolute Gasteiger partial charge is 0.455 e. The molecule has 0 atom stereocenters. The quantitative estimate of drug-likeness (QED) is 0.895. The highest BCUT2D eigenvalue weighted by Crippen LogP contribution is 2.43. The first-order chi connectivity index (χ1) is 9.94. The number of aromatic nitrogens is 2. The van der Waals surface area contributed by atoms with Crippen LogP contribution in [0.1, 0.15) is 38.0 Å². The van der Waals surface area contributed by atoms with Gasteiger partial charge in [-0.05, 0) is 19.3 Å². The Balaban J connectivity index is 2.25. The van der Waals surface area contributed by atoms with Gasteiger partial charge in [-0.25, -0.2) is 4.98 Å². The molecule has 0 bridgehead atoms. The van der Waals surface area contributed by atoms with Crippen molar-refractivity contribution in [3.05, 3.63) is 11.3 Å². The second kappa shape index (κ2) is 4.87. The van der Waals surface area contributed by atoms with E-state index in [0.717, 1.165) is 41.9 Å². The van der Waals surface area contributed by atoms with Gasteiger partial charge in [-0.3, -0.25) is 0 Å². The monoisotopic (exact) mass is 289 g/mol. The number of furan rings is 1. The molecule has 0 unspecified atom stereocenters. The molecule has 1 aliphatic rings. The zero-order valence-corrected chi connectivity index (χ0v) is 12.9.